The molecule has 0 unspecified atom stereocenters. The van der Waals surface area contributed by atoms with Crippen molar-refractivity contribution in [2.45, 2.75) is 24.6 Å². The van der Waals surface area contributed by atoms with E-state index in [1.165, 1.54) is 6.07 Å². The molecular weight excluding hydrogens is 498 g/mol. The SMILES string of the molecule is CN1CC[C@H](c2c(O)cc(OC(=O)C(F)(F)F)c3c(=O)cc(-c4ccc(F)cc4Cl)oc23)[C@H](O)C1. The molecule has 7 nitrogen and oxygen atoms in total. The minimum Gasteiger partial charge on any atom is -0.507 e. The van der Waals surface area contributed by atoms with Crippen LogP contribution in [0.5, 0.6) is 11.5 Å². The number of aliphatic hydroxyl groups is 1. The number of hydrogen-bond acceptors (Lipinski definition) is 7. The van der Waals surface area contributed by atoms with Gasteiger partial charge in [-0.15, -0.1) is 0 Å². The van der Waals surface area contributed by atoms with Crippen molar-refractivity contribution in [2.24, 2.45) is 0 Å². The average Bonchev–Trinajstić information content (AvgIpc) is 2.73. The van der Waals surface area contributed by atoms with Crippen LogP contribution >= 0.6 is 11.6 Å². The van der Waals surface area contributed by atoms with Crippen LogP contribution in [0, 0.1) is 5.82 Å². The Morgan fingerprint density at radius 2 is 1.97 bits per heavy atom. The number of carbonyl (C=O) groups is 1. The van der Waals surface area contributed by atoms with Crippen LogP contribution in [-0.4, -0.2) is 53.5 Å². The predicted octanol–water partition coefficient (Wildman–Crippen LogP) is 4.21. The molecule has 186 valence electrons. The number of β-amino-alcohol motifs (C(OH)–C–C–N with tert-alkyl or cyclic N) is 1. The fourth-order valence-electron chi connectivity index (χ4n) is 4.15. The summed E-state index contributed by atoms with van der Waals surface area (Å²) in [6, 6.07) is 4.89. The molecular formula is C23H18ClF4NO6. The number of esters is 1. The monoisotopic (exact) mass is 515 g/mol. The van der Waals surface area contributed by atoms with Gasteiger partial charge in [0.05, 0.1) is 11.1 Å². The van der Waals surface area contributed by atoms with Gasteiger partial charge >= 0.3 is 12.1 Å². The van der Waals surface area contributed by atoms with E-state index in [-0.39, 0.29) is 34.0 Å². The lowest BCUT2D eigenvalue weighted by molar-refractivity contribution is -0.189. The van der Waals surface area contributed by atoms with Crippen LogP contribution in [0.4, 0.5) is 17.6 Å². The fraction of sp³-hybridized carbons (Fsp3) is 0.304. The molecule has 0 aliphatic carbocycles. The second-order valence-electron chi connectivity index (χ2n) is 8.22. The highest BCUT2D eigenvalue weighted by Crippen LogP contribution is 2.43. The van der Waals surface area contributed by atoms with E-state index in [2.05, 4.69) is 4.74 Å². The Kier molecular flexibility index (Phi) is 6.52. The number of benzene rings is 2. The number of rotatable bonds is 3. The second kappa shape index (κ2) is 9.14. The maximum Gasteiger partial charge on any atom is 0.491 e. The van der Waals surface area contributed by atoms with Crippen molar-refractivity contribution in [1.82, 2.24) is 4.90 Å². The van der Waals surface area contributed by atoms with E-state index in [1.54, 1.807) is 7.05 Å². The van der Waals surface area contributed by atoms with Gasteiger partial charge in [0.2, 0.25) is 0 Å². The Hall–Kier alpha value is -3.15. The summed E-state index contributed by atoms with van der Waals surface area (Å²) in [7, 11) is 1.77. The van der Waals surface area contributed by atoms with Gasteiger partial charge < -0.3 is 24.3 Å². The van der Waals surface area contributed by atoms with Gasteiger partial charge in [0.1, 0.15) is 34.0 Å². The molecule has 1 aliphatic heterocycles. The zero-order valence-electron chi connectivity index (χ0n) is 18.0. The first-order valence-electron chi connectivity index (χ1n) is 10.3. The zero-order chi connectivity index (χ0) is 25.7. The van der Waals surface area contributed by atoms with Crippen LogP contribution in [-0.2, 0) is 4.79 Å². The molecule has 4 rings (SSSR count). The van der Waals surface area contributed by atoms with Crippen molar-refractivity contribution >= 4 is 28.5 Å². The third-order valence-corrected chi connectivity index (χ3v) is 6.08. The lowest BCUT2D eigenvalue weighted by Gasteiger charge is -2.34. The van der Waals surface area contributed by atoms with Crippen LogP contribution in [0.1, 0.15) is 17.9 Å². The smallest absolute Gasteiger partial charge is 0.491 e. The van der Waals surface area contributed by atoms with Gasteiger partial charge in [-0.05, 0) is 38.2 Å². The molecule has 1 saturated heterocycles. The summed E-state index contributed by atoms with van der Waals surface area (Å²) in [5.41, 5.74) is -1.23. The molecule has 0 radical (unpaired) electrons. The molecule has 35 heavy (non-hydrogen) atoms. The first kappa shape index (κ1) is 25.0. The number of nitrogens with zero attached hydrogens (tertiary/aromatic N) is 1. The highest BCUT2D eigenvalue weighted by molar-refractivity contribution is 6.33. The summed E-state index contributed by atoms with van der Waals surface area (Å²) >= 11 is 6.09. The molecule has 0 spiro atoms. The Morgan fingerprint density at radius 1 is 1.26 bits per heavy atom. The van der Waals surface area contributed by atoms with E-state index in [1.807, 2.05) is 4.90 Å². The zero-order valence-corrected chi connectivity index (χ0v) is 18.8. The number of piperidine rings is 1. The normalized spacial score (nSPS) is 19.2. The number of aliphatic hydroxyl groups excluding tert-OH is 1. The van der Waals surface area contributed by atoms with Crippen molar-refractivity contribution in [1.29, 1.82) is 0 Å². The van der Waals surface area contributed by atoms with Gasteiger partial charge in [0.15, 0.2) is 5.43 Å². The molecule has 1 aromatic heterocycles. The van der Waals surface area contributed by atoms with E-state index in [9.17, 15) is 37.4 Å². The Bertz CT molecular complexity index is 1370. The van der Waals surface area contributed by atoms with E-state index < -0.39 is 52.3 Å². The third kappa shape index (κ3) is 4.84. The highest BCUT2D eigenvalue weighted by Gasteiger charge is 2.42. The number of phenolic OH excluding ortho intramolecular Hbond substituents is 1. The molecule has 2 N–H and O–H groups in total. The fourth-order valence-corrected chi connectivity index (χ4v) is 4.41. The van der Waals surface area contributed by atoms with Crippen LogP contribution < -0.4 is 10.2 Å². The quantitative estimate of drug-likeness (QED) is 0.306. The number of ether oxygens (including phenoxy) is 1. The summed E-state index contributed by atoms with van der Waals surface area (Å²) in [5.74, 6) is -5.69. The van der Waals surface area contributed by atoms with Crippen LogP contribution in [0.2, 0.25) is 5.02 Å². The Balaban J connectivity index is 2.00. The number of likely N-dealkylation sites (tertiary alicyclic amines) is 1. The first-order valence-corrected chi connectivity index (χ1v) is 10.7. The maximum atomic E-state index is 13.5. The van der Waals surface area contributed by atoms with Crippen molar-refractivity contribution in [3.05, 3.63) is 57.0 Å². The highest BCUT2D eigenvalue weighted by atomic mass is 35.5. The van der Waals surface area contributed by atoms with E-state index >= 15 is 0 Å². The molecule has 2 atom stereocenters. The number of hydrogen-bond donors (Lipinski definition) is 2. The van der Waals surface area contributed by atoms with Gasteiger partial charge in [-0.3, -0.25) is 4.79 Å². The largest absolute Gasteiger partial charge is 0.507 e. The van der Waals surface area contributed by atoms with Gasteiger partial charge in [-0.2, -0.15) is 13.2 Å². The molecule has 3 aromatic rings. The second-order valence-corrected chi connectivity index (χ2v) is 8.63. The molecule has 12 heteroatoms. The molecule has 2 heterocycles. The van der Waals surface area contributed by atoms with Crippen LogP contribution in [0.3, 0.4) is 0 Å². The number of alkyl halides is 3. The Morgan fingerprint density at radius 3 is 2.60 bits per heavy atom. The molecule has 0 bridgehead atoms. The molecule has 2 aromatic carbocycles. The van der Waals surface area contributed by atoms with E-state index in [0.29, 0.717) is 19.0 Å². The van der Waals surface area contributed by atoms with Crippen molar-refractivity contribution in [3.63, 3.8) is 0 Å². The minimum atomic E-state index is -5.37. The predicted molar refractivity (Wildman–Crippen MR) is 117 cm³/mol. The average molecular weight is 516 g/mol. The lowest BCUT2D eigenvalue weighted by atomic mass is 9.85. The van der Waals surface area contributed by atoms with Gasteiger partial charge in [0, 0.05) is 35.7 Å². The minimum absolute atomic E-state index is 0.0374. The number of carbonyl (C=O) groups excluding carboxylic acids is 1. The maximum absolute atomic E-state index is 13.5. The summed E-state index contributed by atoms with van der Waals surface area (Å²) in [6.07, 6.45) is -6.07. The van der Waals surface area contributed by atoms with Crippen LogP contribution in [0.15, 0.2) is 39.5 Å². The van der Waals surface area contributed by atoms with Crippen molar-refractivity contribution < 1.29 is 41.7 Å². The number of likely N-dealkylation sites (N-methyl/N-ethyl adjacent to an activating group) is 1. The van der Waals surface area contributed by atoms with Crippen LogP contribution in [0.25, 0.3) is 22.3 Å². The summed E-state index contributed by atoms with van der Waals surface area (Å²) in [4.78, 5) is 26.4. The summed E-state index contributed by atoms with van der Waals surface area (Å²) in [5, 5.41) is 20.8. The van der Waals surface area contributed by atoms with Crippen molar-refractivity contribution in [3.8, 4) is 22.8 Å². The number of fused-ring (bicyclic) bond motifs is 1. The third-order valence-electron chi connectivity index (χ3n) is 5.77. The Labute approximate surface area is 200 Å². The summed E-state index contributed by atoms with van der Waals surface area (Å²) < 4.78 is 62.3. The number of halogens is 5. The molecule has 0 amide bonds. The first-order chi connectivity index (χ1) is 16.4. The topological polar surface area (TPSA) is 100 Å². The van der Waals surface area contributed by atoms with Gasteiger partial charge in [-0.25, -0.2) is 9.18 Å². The molecule has 1 aliphatic rings. The lowest BCUT2D eigenvalue weighted by Crippen LogP contribution is -2.40. The van der Waals surface area contributed by atoms with E-state index in [0.717, 1.165) is 18.2 Å². The van der Waals surface area contributed by atoms with Gasteiger partial charge in [0.25, 0.3) is 0 Å². The number of aromatic hydroxyl groups is 1. The molecule has 0 saturated carbocycles. The van der Waals surface area contributed by atoms with Gasteiger partial charge in [-0.1, -0.05) is 11.6 Å². The summed E-state index contributed by atoms with van der Waals surface area (Å²) in [6.45, 7) is 0.714. The van der Waals surface area contributed by atoms with Crippen molar-refractivity contribution in [2.75, 3.05) is 20.1 Å². The molecule has 1 fully saturated rings. The standard InChI is InChI=1S/C23H18ClF4NO6/c1-29-5-4-12(16(32)9-29)19-14(30)8-18(35-22(33)23(26,27)28)20-15(31)7-17(34-21(19)20)11-3-2-10(25)6-13(11)24/h2-3,6-8,12,16,30,32H,4-5,9H2,1H3/t12-,16+/m0/s1. The number of phenols is 1. The van der Waals surface area contributed by atoms with E-state index in [4.69, 9.17) is 16.0 Å².